The van der Waals surface area contributed by atoms with Gasteiger partial charge in [-0.1, -0.05) is 38.0 Å². The van der Waals surface area contributed by atoms with Crippen LogP contribution in [-0.2, 0) is 29.3 Å². The zero-order valence-electron chi connectivity index (χ0n) is 21.8. The Morgan fingerprint density at radius 3 is 1.94 bits per heavy atom. The van der Waals surface area contributed by atoms with Crippen molar-refractivity contribution in [1.29, 1.82) is 0 Å². The monoisotopic (exact) mass is 505 g/mol. The Balaban J connectivity index is 1.49. The summed E-state index contributed by atoms with van der Waals surface area (Å²) in [6, 6.07) is 11.7. The van der Waals surface area contributed by atoms with Crippen LogP contribution in [0, 0.1) is 0 Å². The minimum absolute atomic E-state index is 0.602. The molecule has 0 saturated heterocycles. The number of anilines is 1. The van der Waals surface area contributed by atoms with Crippen molar-refractivity contribution < 1.29 is 17.9 Å². The van der Waals surface area contributed by atoms with Gasteiger partial charge in [-0.2, -0.15) is 0 Å². The van der Waals surface area contributed by atoms with Crippen molar-refractivity contribution in [2.45, 2.75) is 51.9 Å². The van der Waals surface area contributed by atoms with Gasteiger partial charge < -0.3 is 20.1 Å². The Morgan fingerprint density at radius 2 is 1.40 bits per heavy atom. The predicted molar refractivity (Wildman–Crippen MR) is 145 cm³/mol. The van der Waals surface area contributed by atoms with E-state index in [0.29, 0.717) is 5.69 Å². The van der Waals surface area contributed by atoms with Gasteiger partial charge in [0.1, 0.15) is 0 Å². The van der Waals surface area contributed by atoms with E-state index in [1.54, 1.807) is 26.4 Å². The topological polar surface area (TPSA) is 88.7 Å². The highest BCUT2D eigenvalue weighted by Gasteiger charge is 2.13. The first-order valence-corrected chi connectivity index (χ1v) is 14.5. The minimum atomic E-state index is -3.22. The summed E-state index contributed by atoms with van der Waals surface area (Å²) in [5, 5.41) is 7.07. The Hall–Kier alpha value is -2.29. The molecule has 0 aliphatic carbocycles. The summed E-state index contributed by atoms with van der Waals surface area (Å²) >= 11 is 0. The van der Waals surface area contributed by atoms with Crippen LogP contribution in [0.2, 0.25) is 0 Å². The fourth-order valence-corrected chi connectivity index (χ4v) is 4.73. The second-order valence-corrected chi connectivity index (χ2v) is 10.5. The van der Waals surface area contributed by atoms with Crippen molar-refractivity contribution in [3.05, 3.63) is 53.1 Å². The molecule has 0 radical (unpaired) electrons. The van der Waals surface area contributed by atoms with Crippen molar-refractivity contribution in [3.63, 3.8) is 0 Å². The molecule has 0 aromatic heterocycles. The molecule has 0 fully saturated rings. The Morgan fingerprint density at radius 1 is 0.771 bits per heavy atom. The zero-order chi connectivity index (χ0) is 25.5. The lowest BCUT2D eigenvalue weighted by Gasteiger charge is -2.16. The minimum Gasteiger partial charge on any atom is -0.493 e. The van der Waals surface area contributed by atoms with E-state index in [4.69, 9.17) is 9.47 Å². The average molecular weight is 506 g/mol. The molecule has 0 bridgehead atoms. The van der Waals surface area contributed by atoms with E-state index in [1.165, 1.54) is 42.4 Å². The van der Waals surface area contributed by atoms with E-state index in [9.17, 15) is 8.42 Å². The van der Waals surface area contributed by atoms with E-state index < -0.39 is 10.0 Å². The fraction of sp³-hybridized carbons (Fsp3) is 0.556. The first-order valence-electron chi connectivity index (χ1n) is 12.6. The SMILES string of the molecule is CCc1c(CCNCCCCCCNCCc2ccc(NS(C)(=O)=O)cc2)ccc(OC)c1OC. The lowest BCUT2D eigenvalue weighted by atomic mass is 10.0. The van der Waals surface area contributed by atoms with Crippen LogP contribution < -0.4 is 24.8 Å². The van der Waals surface area contributed by atoms with Gasteiger partial charge in [0, 0.05) is 11.3 Å². The largest absolute Gasteiger partial charge is 0.493 e. The van der Waals surface area contributed by atoms with Crippen LogP contribution in [0.3, 0.4) is 0 Å². The second kappa shape index (κ2) is 15.7. The van der Waals surface area contributed by atoms with E-state index in [1.807, 2.05) is 18.2 Å². The van der Waals surface area contributed by atoms with Gasteiger partial charge in [0.25, 0.3) is 0 Å². The third kappa shape index (κ3) is 10.9. The highest BCUT2D eigenvalue weighted by Crippen LogP contribution is 2.33. The van der Waals surface area contributed by atoms with Gasteiger partial charge in [-0.15, -0.1) is 0 Å². The van der Waals surface area contributed by atoms with E-state index >= 15 is 0 Å². The molecule has 0 aliphatic rings. The second-order valence-electron chi connectivity index (χ2n) is 8.78. The zero-order valence-corrected chi connectivity index (χ0v) is 22.6. The number of benzene rings is 2. The van der Waals surface area contributed by atoms with E-state index in [0.717, 1.165) is 63.2 Å². The molecule has 0 heterocycles. The Kier molecular flexibility index (Phi) is 12.9. The normalized spacial score (nSPS) is 11.4. The maximum atomic E-state index is 11.3. The van der Waals surface area contributed by atoms with Crippen LogP contribution in [-0.4, -0.2) is 55.1 Å². The van der Waals surface area contributed by atoms with Crippen LogP contribution in [0.5, 0.6) is 11.5 Å². The molecule has 0 amide bonds. The summed E-state index contributed by atoms with van der Waals surface area (Å²) in [5.41, 5.74) is 4.36. The van der Waals surface area contributed by atoms with Crippen molar-refractivity contribution in [1.82, 2.24) is 10.6 Å². The number of sulfonamides is 1. The molecule has 35 heavy (non-hydrogen) atoms. The summed E-state index contributed by atoms with van der Waals surface area (Å²) in [5.74, 6) is 1.66. The van der Waals surface area contributed by atoms with Crippen LogP contribution >= 0.6 is 0 Å². The number of unbranched alkanes of at least 4 members (excludes halogenated alkanes) is 3. The lowest BCUT2D eigenvalue weighted by molar-refractivity contribution is 0.351. The van der Waals surface area contributed by atoms with Gasteiger partial charge in [0.2, 0.25) is 10.0 Å². The van der Waals surface area contributed by atoms with Gasteiger partial charge in [0.05, 0.1) is 20.5 Å². The molecular formula is C27H43N3O4S. The number of ether oxygens (including phenoxy) is 2. The van der Waals surface area contributed by atoms with E-state index in [2.05, 4.69) is 28.3 Å². The van der Waals surface area contributed by atoms with Gasteiger partial charge in [0.15, 0.2) is 11.5 Å². The molecule has 7 nitrogen and oxygen atoms in total. The van der Waals surface area contributed by atoms with Crippen LogP contribution in [0.25, 0.3) is 0 Å². The standard InChI is InChI=1S/C27H43N3O4S/c1-5-25-23(12-15-26(33-2)27(25)34-3)17-21-29-19-9-7-6-8-18-28-20-16-22-10-13-24(14-11-22)30-35(4,31)32/h10-15,28-30H,5-9,16-21H2,1-4H3. The third-order valence-electron chi connectivity index (χ3n) is 5.97. The summed E-state index contributed by atoms with van der Waals surface area (Å²) in [7, 11) is 0.162. The maximum absolute atomic E-state index is 11.3. The molecule has 3 N–H and O–H groups in total. The smallest absolute Gasteiger partial charge is 0.229 e. The van der Waals surface area contributed by atoms with Crippen molar-refractivity contribution in [2.75, 3.05) is 51.4 Å². The number of hydrogen-bond donors (Lipinski definition) is 3. The molecule has 0 saturated carbocycles. The highest BCUT2D eigenvalue weighted by molar-refractivity contribution is 7.92. The van der Waals surface area contributed by atoms with Gasteiger partial charge >= 0.3 is 0 Å². The number of nitrogens with one attached hydrogen (secondary N) is 3. The molecule has 0 spiro atoms. The summed E-state index contributed by atoms with van der Waals surface area (Å²) in [6.45, 7) is 6.12. The summed E-state index contributed by atoms with van der Waals surface area (Å²) in [6.07, 6.45) is 8.86. The predicted octanol–water partition coefficient (Wildman–Crippen LogP) is 4.16. The van der Waals surface area contributed by atoms with Gasteiger partial charge in [-0.3, -0.25) is 4.72 Å². The average Bonchev–Trinajstić information content (AvgIpc) is 2.84. The summed E-state index contributed by atoms with van der Waals surface area (Å²) in [4.78, 5) is 0. The fourth-order valence-electron chi connectivity index (χ4n) is 4.17. The lowest BCUT2D eigenvalue weighted by Crippen LogP contribution is -2.20. The Bertz CT molecular complexity index is 979. The molecule has 196 valence electrons. The van der Waals surface area contributed by atoms with E-state index in [-0.39, 0.29) is 0 Å². The highest BCUT2D eigenvalue weighted by atomic mass is 32.2. The van der Waals surface area contributed by atoms with Crippen LogP contribution in [0.4, 0.5) is 5.69 Å². The molecule has 2 rings (SSSR count). The molecular weight excluding hydrogens is 462 g/mol. The Labute approximate surface area is 212 Å². The number of hydrogen-bond acceptors (Lipinski definition) is 6. The molecule has 2 aromatic carbocycles. The summed E-state index contributed by atoms with van der Waals surface area (Å²) < 4.78 is 36.0. The molecule has 0 atom stereocenters. The van der Waals surface area contributed by atoms with Crippen molar-refractivity contribution >= 4 is 15.7 Å². The molecule has 2 aromatic rings. The number of methoxy groups -OCH3 is 2. The molecule has 8 heteroatoms. The molecule has 0 unspecified atom stereocenters. The maximum Gasteiger partial charge on any atom is 0.229 e. The van der Waals surface area contributed by atoms with Gasteiger partial charge in [-0.25, -0.2) is 8.42 Å². The first kappa shape index (κ1) is 28.9. The quantitative estimate of drug-likeness (QED) is 0.264. The van der Waals surface area contributed by atoms with Crippen LogP contribution in [0.15, 0.2) is 36.4 Å². The third-order valence-corrected chi connectivity index (χ3v) is 6.58. The number of rotatable bonds is 18. The molecule has 0 aliphatic heterocycles. The van der Waals surface area contributed by atoms with Crippen molar-refractivity contribution in [3.8, 4) is 11.5 Å². The first-order chi connectivity index (χ1) is 16.9. The van der Waals surface area contributed by atoms with Crippen molar-refractivity contribution in [2.24, 2.45) is 0 Å². The van der Waals surface area contributed by atoms with Gasteiger partial charge in [-0.05, 0) is 87.6 Å². The van der Waals surface area contributed by atoms with Crippen LogP contribution in [0.1, 0.15) is 49.3 Å².